The fraction of sp³-hybridized carbons (Fsp3) is 0.333. The van der Waals surface area contributed by atoms with E-state index in [2.05, 4.69) is 15.0 Å². The topological polar surface area (TPSA) is 67.9 Å². The van der Waals surface area contributed by atoms with Crippen LogP contribution >= 0.6 is 0 Å². The number of pyridine rings is 1. The number of fused-ring (bicyclic) bond motifs is 2. The predicted octanol–water partition coefficient (Wildman–Crippen LogP) is 3.16. The fourth-order valence-electron chi connectivity index (χ4n) is 3.35. The Hall–Kier alpha value is -1.21. The van der Waals surface area contributed by atoms with Gasteiger partial charge >= 0.3 is 0 Å². The van der Waals surface area contributed by atoms with E-state index in [-0.39, 0.29) is 34.8 Å². The van der Waals surface area contributed by atoms with Crippen LogP contribution < -0.4 is 4.74 Å². The summed E-state index contributed by atoms with van der Waals surface area (Å²) >= 11 is 0. The monoisotopic (exact) mass is 364 g/mol. The molecule has 1 aliphatic rings. The van der Waals surface area contributed by atoms with Crippen molar-refractivity contribution in [3.63, 3.8) is 0 Å². The third kappa shape index (κ3) is 3.53. The quantitative estimate of drug-likeness (QED) is 0.573. The molecule has 2 unspecified atom stereocenters. The second-order valence-electron chi connectivity index (χ2n) is 5.97. The van der Waals surface area contributed by atoms with Gasteiger partial charge < -0.3 is 9.72 Å². The third-order valence-electron chi connectivity index (χ3n) is 4.53. The maximum Gasteiger partial charge on any atom is 0.198 e. The van der Waals surface area contributed by atoms with Crippen molar-refractivity contribution >= 4 is 51.4 Å². The minimum Gasteiger partial charge on any atom is -0.496 e. The molecule has 125 valence electrons. The molecule has 0 bridgehead atoms. The Balaban J connectivity index is 0.00000182. The van der Waals surface area contributed by atoms with Crippen LogP contribution in [0.2, 0.25) is 0 Å². The van der Waals surface area contributed by atoms with E-state index < -0.39 is 10.8 Å². The smallest absolute Gasteiger partial charge is 0.198 e. The number of para-hydroxylation sites is 2. The van der Waals surface area contributed by atoms with Crippen LogP contribution in [0.3, 0.4) is 0 Å². The van der Waals surface area contributed by atoms with E-state index in [4.69, 9.17) is 4.74 Å². The van der Waals surface area contributed by atoms with Crippen LogP contribution in [0.5, 0.6) is 5.75 Å². The first-order valence-electron chi connectivity index (χ1n) is 8.15. The summed E-state index contributed by atoms with van der Waals surface area (Å²) in [6, 6.07) is 9.63. The van der Waals surface area contributed by atoms with E-state index >= 15 is 0 Å². The molecule has 0 saturated carbocycles. The molecule has 3 aromatic rings. The number of aromatic nitrogens is 3. The van der Waals surface area contributed by atoms with Gasteiger partial charge in [0.1, 0.15) is 5.75 Å². The number of rotatable bonds is 3. The van der Waals surface area contributed by atoms with Crippen molar-refractivity contribution in [3.8, 4) is 5.75 Å². The molecule has 1 radical (unpaired) electrons. The Kier molecular flexibility index (Phi) is 5.94. The molecule has 2 aromatic heterocycles. The number of hydrogen-bond donors (Lipinski definition) is 1. The van der Waals surface area contributed by atoms with Gasteiger partial charge in [-0.2, -0.15) is 0 Å². The Bertz CT molecular complexity index is 879. The van der Waals surface area contributed by atoms with E-state index in [1.807, 2.05) is 30.3 Å². The van der Waals surface area contributed by atoms with E-state index in [1.165, 1.54) is 0 Å². The zero-order valence-corrected chi connectivity index (χ0v) is 17.3. The Labute approximate surface area is 171 Å². The van der Waals surface area contributed by atoms with E-state index in [1.54, 1.807) is 13.3 Å². The summed E-state index contributed by atoms with van der Waals surface area (Å²) in [5.74, 6) is 0.841. The number of nitrogens with zero attached hydrogens (tertiary/aromatic N) is 2. The van der Waals surface area contributed by atoms with Crippen LogP contribution in [0, 0.1) is 0 Å². The largest absolute Gasteiger partial charge is 0.496 e. The van der Waals surface area contributed by atoms with Gasteiger partial charge in [-0.15, -0.1) is 0 Å². The number of methoxy groups -OCH3 is 1. The Morgan fingerprint density at radius 1 is 1.24 bits per heavy atom. The van der Waals surface area contributed by atoms with Gasteiger partial charge in [-0.25, -0.2) is 4.98 Å². The van der Waals surface area contributed by atoms with Gasteiger partial charge in [-0.05, 0) is 37.5 Å². The van der Waals surface area contributed by atoms with Gasteiger partial charge in [-0.3, -0.25) is 9.19 Å². The summed E-state index contributed by atoms with van der Waals surface area (Å²) in [7, 11) is 0.402. The van der Waals surface area contributed by atoms with Gasteiger partial charge in [-0.1, -0.05) is 18.6 Å². The van der Waals surface area contributed by atoms with Gasteiger partial charge in [0, 0.05) is 41.3 Å². The first-order chi connectivity index (χ1) is 11.8. The standard InChI is InChI=1S/C18H19N3O2S.Na/c1-23-15-10-11-19-17-12(15)6-2-5-9-16(17)24(22)18-20-13-7-3-4-8-14(13)21-18;/h3-4,7-8,10-11,16H,2,5-6,9H2,1H3,(H,20,21);. The first kappa shape index (κ1) is 18.6. The molecular formula is C18H19N3NaO2S. The second-order valence-corrected chi connectivity index (χ2v) is 7.52. The third-order valence-corrected chi connectivity index (χ3v) is 6.08. The molecule has 0 fully saturated rings. The van der Waals surface area contributed by atoms with E-state index in [0.717, 1.165) is 53.7 Å². The minimum atomic E-state index is -1.27. The number of benzene rings is 1. The summed E-state index contributed by atoms with van der Waals surface area (Å²) in [6.07, 6.45) is 5.59. The van der Waals surface area contributed by atoms with Crippen molar-refractivity contribution in [3.05, 3.63) is 47.8 Å². The number of nitrogens with one attached hydrogen (secondary N) is 1. The van der Waals surface area contributed by atoms with Crippen LogP contribution in [-0.2, 0) is 17.2 Å². The van der Waals surface area contributed by atoms with Crippen LogP contribution in [-0.4, -0.2) is 55.8 Å². The summed E-state index contributed by atoms with van der Waals surface area (Å²) in [5.41, 5.74) is 3.74. The minimum absolute atomic E-state index is 0. The molecule has 0 saturated heterocycles. The first-order valence-corrected chi connectivity index (χ1v) is 9.36. The average molecular weight is 364 g/mol. The Morgan fingerprint density at radius 2 is 2.08 bits per heavy atom. The van der Waals surface area contributed by atoms with Gasteiger partial charge in [0.15, 0.2) is 5.16 Å². The normalized spacial score (nSPS) is 18.0. The summed E-state index contributed by atoms with van der Waals surface area (Å²) in [5, 5.41) is 0.372. The summed E-state index contributed by atoms with van der Waals surface area (Å²) in [6.45, 7) is 0. The molecule has 1 aliphatic carbocycles. The van der Waals surface area contributed by atoms with Crippen LogP contribution in [0.15, 0.2) is 41.7 Å². The zero-order valence-electron chi connectivity index (χ0n) is 14.5. The predicted molar refractivity (Wildman–Crippen MR) is 99.3 cm³/mol. The van der Waals surface area contributed by atoms with Crippen LogP contribution in [0.25, 0.3) is 11.0 Å². The maximum atomic E-state index is 13.2. The molecule has 2 heterocycles. The van der Waals surface area contributed by atoms with Gasteiger partial charge in [0.05, 0.1) is 39.9 Å². The molecule has 0 amide bonds. The van der Waals surface area contributed by atoms with Crippen molar-refractivity contribution < 1.29 is 8.95 Å². The molecule has 1 aromatic carbocycles. The van der Waals surface area contributed by atoms with Crippen molar-refractivity contribution in [2.75, 3.05) is 7.11 Å². The van der Waals surface area contributed by atoms with E-state index in [0.29, 0.717) is 5.16 Å². The number of imidazole rings is 1. The zero-order chi connectivity index (χ0) is 16.5. The fourth-order valence-corrected chi connectivity index (χ4v) is 4.80. The molecule has 7 heteroatoms. The maximum absolute atomic E-state index is 13.2. The summed E-state index contributed by atoms with van der Waals surface area (Å²) < 4.78 is 18.7. The molecule has 25 heavy (non-hydrogen) atoms. The average Bonchev–Trinajstić information content (AvgIpc) is 2.93. The van der Waals surface area contributed by atoms with Crippen LogP contribution in [0.1, 0.15) is 35.8 Å². The van der Waals surface area contributed by atoms with Gasteiger partial charge in [0.25, 0.3) is 0 Å². The van der Waals surface area contributed by atoms with Crippen molar-refractivity contribution in [1.82, 2.24) is 15.0 Å². The SMILES string of the molecule is COc1ccnc2c1CCCCC2S(=O)c1nc2ccccc2[nH]1.[Na]. The van der Waals surface area contributed by atoms with Crippen molar-refractivity contribution in [2.45, 2.75) is 36.1 Å². The number of aromatic amines is 1. The molecule has 0 spiro atoms. The molecule has 4 rings (SSSR count). The molecule has 2 atom stereocenters. The summed E-state index contributed by atoms with van der Waals surface area (Å²) in [4.78, 5) is 12.3. The van der Waals surface area contributed by atoms with E-state index in [9.17, 15) is 4.21 Å². The van der Waals surface area contributed by atoms with Crippen LogP contribution in [0.4, 0.5) is 0 Å². The number of hydrogen-bond acceptors (Lipinski definition) is 4. The number of ether oxygens (including phenoxy) is 1. The van der Waals surface area contributed by atoms with Gasteiger partial charge in [0.2, 0.25) is 0 Å². The Morgan fingerprint density at radius 3 is 2.88 bits per heavy atom. The van der Waals surface area contributed by atoms with Crippen molar-refractivity contribution in [1.29, 1.82) is 0 Å². The van der Waals surface area contributed by atoms with Crippen molar-refractivity contribution in [2.24, 2.45) is 0 Å². The molecular weight excluding hydrogens is 345 g/mol. The molecule has 5 nitrogen and oxygen atoms in total. The molecule has 0 aliphatic heterocycles. The number of H-pyrrole nitrogens is 1. The molecule has 1 N–H and O–H groups in total. The second kappa shape index (κ2) is 7.99.